The van der Waals surface area contributed by atoms with E-state index in [4.69, 9.17) is 4.42 Å². The number of aldehydes is 1. The number of carbonyl (C=O) groups excluding carboxylic acids is 1. The Labute approximate surface area is 139 Å². The van der Waals surface area contributed by atoms with Crippen molar-refractivity contribution in [2.45, 2.75) is 13.3 Å². The number of fused-ring (bicyclic) bond motifs is 1. The van der Waals surface area contributed by atoms with E-state index in [1.165, 1.54) is 0 Å². The van der Waals surface area contributed by atoms with Crippen LogP contribution in [0.2, 0.25) is 0 Å². The number of aryl methyl sites for hydroxylation is 1. The Morgan fingerprint density at radius 3 is 2.75 bits per heavy atom. The van der Waals surface area contributed by atoms with E-state index in [2.05, 4.69) is 9.97 Å². The molecule has 0 radical (unpaired) electrons. The highest BCUT2D eigenvalue weighted by atomic mass is 16.4. The summed E-state index contributed by atoms with van der Waals surface area (Å²) in [6.45, 7) is 1.92. The van der Waals surface area contributed by atoms with Gasteiger partial charge in [0.05, 0.1) is 5.69 Å². The third-order valence-electron chi connectivity index (χ3n) is 4.15. The molecule has 0 aliphatic carbocycles. The zero-order valence-electron chi connectivity index (χ0n) is 13.2. The molecule has 2 aromatic carbocycles. The van der Waals surface area contributed by atoms with E-state index >= 15 is 0 Å². The summed E-state index contributed by atoms with van der Waals surface area (Å²) in [6.07, 6.45) is 1.52. The van der Waals surface area contributed by atoms with E-state index in [9.17, 15) is 4.79 Å². The molecule has 0 aliphatic rings. The SMILES string of the molecule is Cc1oc(-c2ccccc2)nc1Cc1cc2c(C=O)cccc2[nH]1. The van der Waals surface area contributed by atoms with Gasteiger partial charge in [0, 0.05) is 34.1 Å². The second kappa shape index (κ2) is 5.81. The Bertz CT molecular complexity index is 1010. The highest BCUT2D eigenvalue weighted by Gasteiger charge is 2.13. The Morgan fingerprint density at radius 2 is 1.96 bits per heavy atom. The van der Waals surface area contributed by atoms with Crippen molar-refractivity contribution < 1.29 is 9.21 Å². The average molecular weight is 316 g/mol. The molecule has 4 nitrogen and oxygen atoms in total. The molecular weight excluding hydrogens is 300 g/mol. The minimum atomic E-state index is 0.632. The van der Waals surface area contributed by atoms with Crippen molar-refractivity contribution in [3.05, 3.63) is 77.3 Å². The Balaban J connectivity index is 1.69. The van der Waals surface area contributed by atoms with E-state index in [0.29, 0.717) is 17.9 Å². The van der Waals surface area contributed by atoms with E-state index in [0.717, 1.165) is 39.9 Å². The standard InChI is InChI=1S/C20H16N2O2/c1-13-19(22-20(24-13)14-6-3-2-4-7-14)11-16-10-17-15(12-23)8-5-9-18(17)21-16/h2-10,12,21H,11H2,1H3. The lowest BCUT2D eigenvalue weighted by molar-refractivity contribution is 0.112. The maximum absolute atomic E-state index is 11.2. The highest BCUT2D eigenvalue weighted by Crippen LogP contribution is 2.25. The van der Waals surface area contributed by atoms with Gasteiger partial charge in [0.2, 0.25) is 5.89 Å². The largest absolute Gasteiger partial charge is 0.441 e. The van der Waals surface area contributed by atoms with E-state index < -0.39 is 0 Å². The quantitative estimate of drug-likeness (QED) is 0.563. The van der Waals surface area contributed by atoms with E-state index in [1.54, 1.807) is 0 Å². The number of nitrogens with zero attached hydrogens (tertiary/aromatic N) is 1. The highest BCUT2D eigenvalue weighted by molar-refractivity contribution is 5.97. The van der Waals surface area contributed by atoms with Crippen molar-refractivity contribution >= 4 is 17.2 Å². The Hall–Kier alpha value is -3.14. The van der Waals surface area contributed by atoms with Gasteiger partial charge < -0.3 is 9.40 Å². The molecule has 4 aromatic rings. The zero-order valence-corrected chi connectivity index (χ0v) is 13.2. The molecule has 4 rings (SSSR count). The van der Waals surface area contributed by atoms with Crippen LogP contribution in [0.5, 0.6) is 0 Å². The van der Waals surface area contributed by atoms with Crippen LogP contribution in [0.15, 0.2) is 59.0 Å². The zero-order chi connectivity index (χ0) is 16.5. The van der Waals surface area contributed by atoms with Gasteiger partial charge in [-0.05, 0) is 31.2 Å². The molecule has 0 aliphatic heterocycles. The number of aromatic amines is 1. The Kier molecular flexibility index (Phi) is 3.50. The molecule has 4 heteroatoms. The number of H-pyrrole nitrogens is 1. The first-order chi connectivity index (χ1) is 11.7. The molecule has 0 saturated heterocycles. The van der Waals surface area contributed by atoms with Crippen LogP contribution in [0.25, 0.3) is 22.4 Å². The molecule has 0 amide bonds. The number of benzene rings is 2. The monoisotopic (exact) mass is 316 g/mol. The molecule has 2 heterocycles. The smallest absolute Gasteiger partial charge is 0.226 e. The first-order valence-corrected chi connectivity index (χ1v) is 7.82. The second-order valence-corrected chi connectivity index (χ2v) is 5.79. The molecule has 118 valence electrons. The van der Waals surface area contributed by atoms with Crippen LogP contribution in [0, 0.1) is 6.92 Å². The average Bonchev–Trinajstić information content (AvgIpc) is 3.19. The van der Waals surface area contributed by atoms with Crippen LogP contribution < -0.4 is 0 Å². The summed E-state index contributed by atoms with van der Waals surface area (Å²) in [6, 6.07) is 17.5. The molecule has 24 heavy (non-hydrogen) atoms. The first kappa shape index (κ1) is 14.5. The summed E-state index contributed by atoms with van der Waals surface area (Å²) in [5.74, 6) is 1.44. The fraction of sp³-hybridized carbons (Fsp3) is 0.100. The third kappa shape index (κ3) is 2.52. The Morgan fingerprint density at radius 1 is 1.12 bits per heavy atom. The summed E-state index contributed by atoms with van der Waals surface area (Å²) in [5.41, 5.74) is 4.52. The van der Waals surface area contributed by atoms with E-state index in [1.807, 2.05) is 61.5 Å². The summed E-state index contributed by atoms with van der Waals surface area (Å²) >= 11 is 0. The van der Waals surface area contributed by atoms with Crippen molar-refractivity contribution in [3.63, 3.8) is 0 Å². The van der Waals surface area contributed by atoms with Crippen LogP contribution in [0.3, 0.4) is 0 Å². The van der Waals surface area contributed by atoms with Crippen molar-refractivity contribution in [3.8, 4) is 11.5 Å². The summed E-state index contributed by atoms with van der Waals surface area (Å²) in [5, 5.41) is 0.937. The molecule has 0 saturated carbocycles. The van der Waals surface area contributed by atoms with Gasteiger partial charge in [-0.15, -0.1) is 0 Å². The minimum absolute atomic E-state index is 0.632. The number of oxazole rings is 1. The molecule has 0 unspecified atom stereocenters. The number of nitrogens with one attached hydrogen (secondary N) is 1. The second-order valence-electron chi connectivity index (χ2n) is 5.79. The molecule has 0 fully saturated rings. The first-order valence-electron chi connectivity index (χ1n) is 7.82. The molecule has 0 atom stereocenters. The predicted octanol–water partition coefficient (Wildman–Crippen LogP) is 4.53. The van der Waals surface area contributed by atoms with Crippen LogP contribution in [0.4, 0.5) is 0 Å². The van der Waals surface area contributed by atoms with Gasteiger partial charge in [0.1, 0.15) is 5.76 Å². The molecule has 0 spiro atoms. The van der Waals surface area contributed by atoms with Gasteiger partial charge in [-0.1, -0.05) is 30.3 Å². The molecule has 1 N–H and O–H groups in total. The molecular formula is C20H16N2O2. The van der Waals surface area contributed by atoms with Crippen LogP contribution in [-0.4, -0.2) is 16.3 Å². The van der Waals surface area contributed by atoms with Gasteiger partial charge in [-0.2, -0.15) is 0 Å². The summed E-state index contributed by atoms with van der Waals surface area (Å²) in [7, 11) is 0. The van der Waals surface area contributed by atoms with Gasteiger partial charge in [0.25, 0.3) is 0 Å². The fourth-order valence-corrected chi connectivity index (χ4v) is 2.91. The molecule has 2 aromatic heterocycles. The van der Waals surface area contributed by atoms with Crippen molar-refractivity contribution in [2.75, 3.05) is 0 Å². The maximum Gasteiger partial charge on any atom is 0.226 e. The summed E-state index contributed by atoms with van der Waals surface area (Å²) < 4.78 is 5.81. The maximum atomic E-state index is 11.2. The predicted molar refractivity (Wildman–Crippen MR) is 93.2 cm³/mol. The van der Waals surface area contributed by atoms with Crippen LogP contribution in [-0.2, 0) is 6.42 Å². The van der Waals surface area contributed by atoms with Crippen molar-refractivity contribution in [1.82, 2.24) is 9.97 Å². The minimum Gasteiger partial charge on any atom is -0.441 e. The lowest BCUT2D eigenvalue weighted by Gasteiger charge is -1.94. The van der Waals surface area contributed by atoms with Crippen molar-refractivity contribution in [2.24, 2.45) is 0 Å². The fourth-order valence-electron chi connectivity index (χ4n) is 2.91. The lowest BCUT2D eigenvalue weighted by atomic mass is 10.1. The normalized spacial score (nSPS) is 11.0. The van der Waals surface area contributed by atoms with Crippen LogP contribution >= 0.6 is 0 Å². The van der Waals surface area contributed by atoms with Gasteiger partial charge in [-0.3, -0.25) is 4.79 Å². The topological polar surface area (TPSA) is 58.9 Å². The van der Waals surface area contributed by atoms with Crippen LogP contribution in [0.1, 0.15) is 27.5 Å². The lowest BCUT2D eigenvalue weighted by Crippen LogP contribution is -1.91. The van der Waals surface area contributed by atoms with Gasteiger partial charge in [0.15, 0.2) is 6.29 Å². The van der Waals surface area contributed by atoms with Crippen molar-refractivity contribution in [1.29, 1.82) is 0 Å². The third-order valence-corrected chi connectivity index (χ3v) is 4.15. The number of hydrogen-bond acceptors (Lipinski definition) is 3. The number of carbonyl (C=O) groups is 1. The number of rotatable bonds is 4. The summed E-state index contributed by atoms with van der Waals surface area (Å²) in [4.78, 5) is 19.1. The number of hydrogen-bond donors (Lipinski definition) is 1. The van der Waals surface area contributed by atoms with E-state index in [-0.39, 0.29) is 0 Å². The molecule has 0 bridgehead atoms. The number of aromatic nitrogens is 2. The van der Waals surface area contributed by atoms with Gasteiger partial charge >= 0.3 is 0 Å². The van der Waals surface area contributed by atoms with Gasteiger partial charge in [-0.25, -0.2) is 4.98 Å².